The number of anilines is 1. The van der Waals surface area contributed by atoms with E-state index < -0.39 is 0 Å². The molecule has 0 radical (unpaired) electrons. The van der Waals surface area contributed by atoms with Gasteiger partial charge in [-0.3, -0.25) is 0 Å². The fraction of sp³-hybridized carbons (Fsp3) is 0.391. The van der Waals surface area contributed by atoms with Gasteiger partial charge in [0.05, 0.1) is 12.8 Å². The van der Waals surface area contributed by atoms with Gasteiger partial charge in [0.2, 0.25) is 0 Å². The first-order valence-corrected chi connectivity index (χ1v) is 10.3. The van der Waals surface area contributed by atoms with Gasteiger partial charge in [0.15, 0.2) is 5.58 Å². The van der Waals surface area contributed by atoms with Crippen LogP contribution >= 0.6 is 0 Å². The van der Waals surface area contributed by atoms with Crippen molar-refractivity contribution in [2.24, 2.45) is 11.1 Å². The summed E-state index contributed by atoms with van der Waals surface area (Å²) >= 11 is 0. The first-order valence-electron chi connectivity index (χ1n) is 10.3. The molecule has 0 unspecified atom stereocenters. The fourth-order valence-corrected chi connectivity index (χ4v) is 3.57. The standard InChI is InChI=1S/C23H27N3O3/c1-2-28-24-17-19-7-9-20(10-8-19)27-16-13-18-11-14-26(15-12-18)23-25-21-5-3-4-6-22(21)29-23/h3-10,17-18H,2,11-16H2,1H3. The highest BCUT2D eigenvalue weighted by molar-refractivity contribution is 5.79. The van der Waals surface area contributed by atoms with E-state index in [1.807, 2.05) is 55.5 Å². The lowest BCUT2D eigenvalue weighted by atomic mass is 9.94. The second-order valence-electron chi connectivity index (χ2n) is 7.25. The van der Waals surface area contributed by atoms with Crippen LogP contribution in [0.25, 0.3) is 11.1 Å². The molecular formula is C23H27N3O3. The normalized spacial score (nSPS) is 15.3. The molecule has 1 aliphatic rings. The average Bonchev–Trinajstić information content (AvgIpc) is 3.20. The number of nitrogens with zero attached hydrogens (tertiary/aromatic N) is 3. The highest BCUT2D eigenvalue weighted by Gasteiger charge is 2.22. The Morgan fingerprint density at radius 1 is 1.14 bits per heavy atom. The predicted molar refractivity (Wildman–Crippen MR) is 115 cm³/mol. The molecule has 0 aliphatic carbocycles. The van der Waals surface area contributed by atoms with Gasteiger partial charge in [0.1, 0.15) is 17.9 Å². The smallest absolute Gasteiger partial charge is 0.298 e. The van der Waals surface area contributed by atoms with Gasteiger partial charge in [-0.2, -0.15) is 4.98 Å². The van der Waals surface area contributed by atoms with Gasteiger partial charge in [-0.25, -0.2) is 0 Å². The van der Waals surface area contributed by atoms with Gasteiger partial charge in [0.25, 0.3) is 6.01 Å². The number of fused-ring (bicyclic) bond motifs is 1. The van der Waals surface area contributed by atoms with Gasteiger partial charge in [-0.05, 0) is 74.1 Å². The van der Waals surface area contributed by atoms with Crippen LogP contribution in [-0.2, 0) is 4.84 Å². The molecule has 3 aromatic rings. The maximum Gasteiger partial charge on any atom is 0.298 e. The van der Waals surface area contributed by atoms with E-state index in [1.165, 1.54) is 0 Å². The molecule has 2 heterocycles. The van der Waals surface area contributed by atoms with Crippen LogP contribution in [0.5, 0.6) is 5.75 Å². The molecule has 29 heavy (non-hydrogen) atoms. The van der Waals surface area contributed by atoms with Crippen molar-refractivity contribution < 1.29 is 14.0 Å². The van der Waals surface area contributed by atoms with Crippen LogP contribution in [0.15, 0.2) is 58.1 Å². The van der Waals surface area contributed by atoms with Crippen LogP contribution in [0.3, 0.4) is 0 Å². The molecule has 0 N–H and O–H groups in total. The summed E-state index contributed by atoms with van der Waals surface area (Å²) in [6.45, 7) is 5.18. The van der Waals surface area contributed by atoms with E-state index in [9.17, 15) is 0 Å². The van der Waals surface area contributed by atoms with Crippen LogP contribution in [0.1, 0.15) is 31.7 Å². The number of benzene rings is 2. The summed E-state index contributed by atoms with van der Waals surface area (Å²) in [6, 6.07) is 16.6. The van der Waals surface area contributed by atoms with Gasteiger partial charge >= 0.3 is 0 Å². The van der Waals surface area contributed by atoms with Crippen molar-refractivity contribution in [3.8, 4) is 5.75 Å². The molecule has 6 nitrogen and oxygen atoms in total. The molecule has 0 bridgehead atoms. The Morgan fingerprint density at radius 2 is 1.93 bits per heavy atom. The molecule has 6 heteroatoms. The molecule has 1 aromatic heterocycles. The second kappa shape index (κ2) is 9.45. The Balaban J connectivity index is 1.20. The summed E-state index contributed by atoms with van der Waals surface area (Å²) in [5.74, 6) is 1.57. The number of hydrogen-bond acceptors (Lipinski definition) is 6. The molecule has 0 amide bonds. The summed E-state index contributed by atoms with van der Waals surface area (Å²) in [6.07, 6.45) is 5.04. The Labute approximate surface area is 171 Å². The van der Waals surface area contributed by atoms with Crippen LogP contribution in [-0.4, -0.2) is 37.5 Å². The van der Waals surface area contributed by atoms with E-state index in [-0.39, 0.29) is 0 Å². The topological polar surface area (TPSA) is 60.1 Å². The summed E-state index contributed by atoms with van der Waals surface area (Å²) in [5.41, 5.74) is 2.78. The highest BCUT2D eigenvalue weighted by atomic mass is 16.6. The number of para-hydroxylation sites is 2. The summed E-state index contributed by atoms with van der Waals surface area (Å²) in [5, 5.41) is 3.87. The maximum atomic E-state index is 5.92. The van der Waals surface area contributed by atoms with E-state index in [0.717, 1.165) is 67.4 Å². The number of ether oxygens (including phenoxy) is 1. The van der Waals surface area contributed by atoms with Gasteiger partial charge in [-0.1, -0.05) is 17.3 Å². The Hall–Kier alpha value is -3.02. The SMILES string of the molecule is CCON=Cc1ccc(OCCC2CCN(c3nc4ccccc4o3)CC2)cc1. The number of hydrogen-bond donors (Lipinski definition) is 0. The van der Waals surface area contributed by atoms with Crippen molar-refractivity contribution in [3.05, 3.63) is 54.1 Å². The van der Waals surface area contributed by atoms with Gasteiger partial charge < -0.3 is 18.9 Å². The zero-order valence-electron chi connectivity index (χ0n) is 16.8. The van der Waals surface area contributed by atoms with Crippen molar-refractivity contribution in [3.63, 3.8) is 0 Å². The molecule has 4 rings (SSSR count). The first kappa shape index (κ1) is 19.3. The van der Waals surface area contributed by atoms with E-state index in [0.29, 0.717) is 12.5 Å². The minimum atomic E-state index is 0.575. The molecule has 0 atom stereocenters. The molecule has 1 fully saturated rings. The minimum absolute atomic E-state index is 0.575. The van der Waals surface area contributed by atoms with Crippen molar-refractivity contribution in [1.82, 2.24) is 4.98 Å². The lowest BCUT2D eigenvalue weighted by Crippen LogP contribution is -2.34. The number of oxime groups is 1. The summed E-state index contributed by atoms with van der Waals surface area (Å²) in [4.78, 5) is 11.8. The van der Waals surface area contributed by atoms with Gasteiger partial charge in [0, 0.05) is 13.1 Å². The highest BCUT2D eigenvalue weighted by Crippen LogP contribution is 2.27. The number of oxazole rings is 1. The second-order valence-corrected chi connectivity index (χ2v) is 7.25. The molecule has 0 spiro atoms. The Bertz CT molecular complexity index is 895. The van der Waals surface area contributed by atoms with E-state index in [4.69, 9.17) is 14.0 Å². The lowest BCUT2D eigenvalue weighted by Gasteiger charge is -2.30. The molecule has 0 saturated carbocycles. The monoisotopic (exact) mass is 393 g/mol. The zero-order chi connectivity index (χ0) is 19.9. The molecule has 2 aromatic carbocycles. The predicted octanol–water partition coefficient (Wildman–Crippen LogP) is 4.88. The Kier molecular flexibility index (Phi) is 6.29. The third-order valence-electron chi connectivity index (χ3n) is 5.25. The summed E-state index contributed by atoms with van der Waals surface area (Å²) in [7, 11) is 0. The quantitative estimate of drug-likeness (QED) is 0.403. The number of piperidine rings is 1. The van der Waals surface area contributed by atoms with Crippen LogP contribution in [0, 0.1) is 5.92 Å². The molecule has 1 aliphatic heterocycles. The van der Waals surface area contributed by atoms with E-state index in [2.05, 4.69) is 15.0 Å². The van der Waals surface area contributed by atoms with Crippen LogP contribution < -0.4 is 9.64 Å². The molecule has 152 valence electrons. The number of aromatic nitrogens is 1. The number of rotatable bonds is 8. The third kappa shape index (κ3) is 5.08. The Morgan fingerprint density at radius 3 is 2.69 bits per heavy atom. The first-order chi connectivity index (χ1) is 14.3. The third-order valence-corrected chi connectivity index (χ3v) is 5.25. The zero-order valence-corrected chi connectivity index (χ0v) is 16.8. The molecule has 1 saturated heterocycles. The largest absolute Gasteiger partial charge is 0.494 e. The van der Waals surface area contributed by atoms with Crippen LogP contribution in [0.2, 0.25) is 0 Å². The minimum Gasteiger partial charge on any atom is -0.494 e. The fourth-order valence-electron chi connectivity index (χ4n) is 3.57. The van der Waals surface area contributed by atoms with E-state index in [1.54, 1.807) is 6.21 Å². The van der Waals surface area contributed by atoms with Crippen molar-refractivity contribution in [1.29, 1.82) is 0 Å². The van der Waals surface area contributed by atoms with Crippen molar-refractivity contribution in [2.45, 2.75) is 26.2 Å². The molecular weight excluding hydrogens is 366 g/mol. The van der Waals surface area contributed by atoms with Gasteiger partial charge in [-0.15, -0.1) is 0 Å². The van der Waals surface area contributed by atoms with Crippen LogP contribution in [0.4, 0.5) is 6.01 Å². The maximum absolute atomic E-state index is 5.92. The van der Waals surface area contributed by atoms with Crippen molar-refractivity contribution >= 4 is 23.3 Å². The lowest BCUT2D eigenvalue weighted by molar-refractivity contribution is 0.160. The average molecular weight is 393 g/mol. The van der Waals surface area contributed by atoms with E-state index >= 15 is 0 Å². The van der Waals surface area contributed by atoms with Crippen molar-refractivity contribution in [2.75, 3.05) is 31.2 Å². The summed E-state index contributed by atoms with van der Waals surface area (Å²) < 4.78 is 11.8.